The zero-order valence-electron chi connectivity index (χ0n) is 34.0. The highest BCUT2D eigenvalue weighted by Gasteiger charge is 2.38. The molecule has 0 saturated carbocycles. The summed E-state index contributed by atoms with van der Waals surface area (Å²) in [7, 11) is 0. The Morgan fingerprint density at radius 2 is 1.00 bits per heavy atom. The van der Waals surface area contributed by atoms with Crippen molar-refractivity contribution in [3.63, 3.8) is 0 Å². The van der Waals surface area contributed by atoms with Crippen LogP contribution in [-0.2, 0) is 38.7 Å². The predicted molar refractivity (Wildman–Crippen MR) is 231 cm³/mol. The van der Waals surface area contributed by atoms with Gasteiger partial charge in [0.05, 0.1) is 6.04 Å². The van der Waals surface area contributed by atoms with Gasteiger partial charge in [-0.2, -0.15) is 0 Å². The van der Waals surface area contributed by atoms with E-state index in [9.17, 15) is 24.3 Å². The molecular formula is C48H55N5O6. The van der Waals surface area contributed by atoms with E-state index in [-0.39, 0.29) is 37.3 Å². The molecule has 0 saturated heterocycles. The van der Waals surface area contributed by atoms with Crippen molar-refractivity contribution in [3.05, 3.63) is 162 Å². The number of aliphatic hydroxyl groups excluding tert-OH is 1. The van der Waals surface area contributed by atoms with E-state index >= 15 is 0 Å². The number of anilines is 1. The summed E-state index contributed by atoms with van der Waals surface area (Å²) < 4.78 is 5.42. The molecule has 5 aromatic carbocycles. The van der Waals surface area contributed by atoms with Crippen LogP contribution in [0.2, 0.25) is 0 Å². The van der Waals surface area contributed by atoms with Crippen LogP contribution in [-0.4, -0.2) is 59.2 Å². The van der Waals surface area contributed by atoms with Crippen LogP contribution >= 0.6 is 0 Å². The van der Waals surface area contributed by atoms with E-state index in [1.165, 1.54) is 0 Å². The highest BCUT2D eigenvalue weighted by molar-refractivity contribution is 5.92. The summed E-state index contributed by atoms with van der Waals surface area (Å²) >= 11 is 0. The lowest BCUT2D eigenvalue weighted by atomic mass is 9.93. The molecular weight excluding hydrogens is 743 g/mol. The van der Waals surface area contributed by atoms with Crippen molar-refractivity contribution in [2.45, 2.75) is 77.5 Å². The lowest BCUT2D eigenvalue weighted by molar-refractivity contribution is -0.132. The summed E-state index contributed by atoms with van der Waals surface area (Å²) in [6.07, 6.45) is -2.17. The second-order valence-electron chi connectivity index (χ2n) is 15.2. The van der Waals surface area contributed by atoms with Gasteiger partial charge in [0.15, 0.2) is 0 Å². The molecule has 6 N–H and O–H groups in total. The molecule has 0 fully saturated rings. The second-order valence-corrected chi connectivity index (χ2v) is 15.2. The monoisotopic (exact) mass is 797 g/mol. The van der Waals surface area contributed by atoms with Crippen molar-refractivity contribution in [1.29, 1.82) is 0 Å². The zero-order valence-corrected chi connectivity index (χ0v) is 34.0. The molecule has 0 aliphatic rings. The molecule has 11 nitrogen and oxygen atoms in total. The first-order chi connectivity index (χ1) is 28.5. The van der Waals surface area contributed by atoms with Crippen molar-refractivity contribution < 1.29 is 29.0 Å². The number of aliphatic hydroxyl groups is 1. The maximum absolute atomic E-state index is 14.5. The number of nitrogens with one attached hydrogen (secondary N) is 5. The van der Waals surface area contributed by atoms with Crippen LogP contribution in [0, 0.1) is 11.8 Å². The first-order valence-electron chi connectivity index (χ1n) is 20.0. The molecule has 11 heteroatoms. The highest BCUT2D eigenvalue weighted by atomic mass is 16.5. The van der Waals surface area contributed by atoms with Crippen LogP contribution in [0.15, 0.2) is 146 Å². The smallest absolute Gasteiger partial charge is 0.408 e. The minimum absolute atomic E-state index is 0.0187. The van der Waals surface area contributed by atoms with Gasteiger partial charge in [-0.25, -0.2) is 4.79 Å². The molecule has 0 unspecified atom stereocenters. The van der Waals surface area contributed by atoms with Gasteiger partial charge in [-0.3, -0.25) is 14.4 Å². The van der Waals surface area contributed by atoms with E-state index in [1.807, 2.05) is 159 Å². The Morgan fingerprint density at radius 1 is 0.525 bits per heavy atom. The number of hydrogen-bond acceptors (Lipinski definition) is 7. The van der Waals surface area contributed by atoms with Crippen LogP contribution < -0.4 is 26.6 Å². The summed E-state index contributed by atoms with van der Waals surface area (Å²) in [5.41, 5.74) is 4.99. The first kappa shape index (κ1) is 43.7. The van der Waals surface area contributed by atoms with Gasteiger partial charge in [-0.05, 0) is 58.2 Å². The van der Waals surface area contributed by atoms with Crippen molar-refractivity contribution >= 4 is 29.5 Å². The molecule has 0 bridgehead atoms. The fourth-order valence-electron chi connectivity index (χ4n) is 6.60. The van der Waals surface area contributed by atoms with Crippen molar-refractivity contribution in [3.8, 4) is 11.1 Å². The van der Waals surface area contributed by atoms with Gasteiger partial charge in [0.1, 0.15) is 30.8 Å². The van der Waals surface area contributed by atoms with Gasteiger partial charge in [0.2, 0.25) is 17.7 Å². The number of ether oxygens (including phenoxy) is 1. The summed E-state index contributed by atoms with van der Waals surface area (Å²) in [4.78, 5) is 55.1. The Morgan fingerprint density at radius 3 is 1.56 bits per heavy atom. The van der Waals surface area contributed by atoms with Crippen LogP contribution in [0.1, 0.15) is 44.4 Å². The fraction of sp³-hybridized carbons (Fsp3) is 0.292. The summed E-state index contributed by atoms with van der Waals surface area (Å²) in [5.74, 6) is -2.26. The molecule has 4 amide bonds. The third kappa shape index (κ3) is 13.3. The molecule has 0 spiro atoms. The van der Waals surface area contributed by atoms with Crippen molar-refractivity contribution in [2.75, 3.05) is 5.32 Å². The molecule has 0 heterocycles. The minimum Gasteiger partial charge on any atom is -0.445 e. The van der Waals surface area contributed by atoms with Gasteiger partial charge < -0.3 is 36.4 Å². The minimum atomic E-state index is -1.54. The van der Waals surface area contributed by atoms with E-state index in [4.69, 9.17) is 4.74 Å². The molecule has 0 aliphatic heterocycles. The lowest BCUT2D eigenvalue weighted by Gasteiger charge is -2.34. The topological polar surface area (TPSA) is 158 Å². The van der Waals surface area contributed by atoms with Gasteiger partial charge >= 0.3 is 6.09 Å². The maximum atomic E-state index is 14.5. The third-order valence-corrected chi connectivity index (χ3v) is 9.97. The van der Waals surface area contributed by atoms with E-state index in [2.05, 4.69) is 26.6 Å². The van der Waals surface area contributed by atoms with Gasteiger partial charge in [-0.15, -0.1) is 0 Å². The molecule has 0 radical (unpaired) electrons. The number of rotatable bonds is 19. The van der Waals surface area contributed by atoms with E-state index in [0.29, 0.717) is 5.69 Å². The van der Waals surface area contributed by atoms with Crippen LogP contribution in [0.5, 0.6) is 0 Å². The number of alkyl carbamates (subject to hydrolysis) is 1. The van der Waals surface area contributed by atoms with E-state index in [1.54, 1.807) is 13.8 Å². The summed E-state index contributed by atoms with van der Waals surface area (Å²) in [6, 6.07) is 40.8. The quantitative estimate of drug-likeness (QED) is 0.0548. The lowest BCUT2D eigenvalue weighted by Crippen LogP contribution is -2.62. The average molecular weight is 798 g/mol. The standard InChI is InChI=1S/C48H55N5O6/c1-32(2)41(45(55)49-30-35-19-11-6-12-20-35)52-47(57)43(50-39-27-25-38(26-28-39)37-23-15-8-16-24-37)44(54)40(29-34-17-9-5-10-18-34)51-46(56)42(33(3)4)53-48(58)59-31-36-21-13-7-14-22-36/h5-28,32-33,40-44,50,54H,29-31H2,1-4H3,(H,49,55)(H,51,56)(H,52,57)(H,53,58)/t40-,41-,42-,43+,44+/m0/s1. The fourth-order valence-corrected chi connectivity index (χ4v) is 6.60. The van der Waals surface area contributed by atoms with E-state index < -0.39 is 48.2 Å². The molecule has 5 atom stereocenters. The number of hydrogen-bond donors (Lipinski definition) is 6. The SMILES string of the molecule is CC(C)[C@H](NC(=O)OCc1ccccc1)C(=O)N[C@@H](Cc1ccccc1)[C@@H](O)[C@@H](Nc1ccc(-c2ccccc2)cc1)C(=O)N[C@H](C(=O)NCc1ccccc1)C(C)C. The summed E-state index contributed by atoms with van der Waals surface area (Å²) in [6.45, 7) is 7.52. The number of amides is 4. The van der Waals surface area contributed by atoms with Crippen LogP contribution in [0.4, 0.5) is 10.5 Å². The van der Waals surface area contributed by atoms with Gasteiger partial charge in [0.25, 0.3) is 0 Å². The largest absolute Gasteiger partial charge is 0.445 e. The normalized spacial score (nSPS) is 13.6. The number of carbonyl (C=O) groups excluding carboxylic acids is 4. The zero-order chi connectivity index (χ0) is 42.1. The average Bonchev–Trinajstić information content (AvgIpc) is 3.25. The van der Waals surface area contributed by atoms with Gasteiger partial charge in [0, 0.05) is 12.2 Å². The Labute approximate surface area is 347 Å². The van der Waals surface area contributed by atoms with Crippen LogP contribution in [0.25, 0.3) is 11.1 Å². The van der Waals surface area contributed by atoms with Crippen molar-refractivity contribution in [1.82, 2.24) is 21.3 Å². The first-order valence-corrected chi connectivity index (χ1v) is 20.0. The predicted octanol–water partition coefficient (Wildman–Crippen LogP) is 6.63. The highest BCUT2D eigenvalue weighted by Crippen LogP contribution is 2.23. The van der Waals surface area contributed by atoms with Crippen molar-refractivity contribution in [2.24, 2.45) is 11.8 Å². The Kier molecular flexibility index (Phi) is 16.2. The number of benzene rings is 5. The van der Waals surface area contributed by atoms with Crippen LogP contribution in [0.3, 0.4) is 0 Å². The Balaban J connectivity index is 1.41. The molecule has 0 aromatic heterocycles. The molecule has 0 aliphatic carbocycles. The molecule has 308 valence electrons. The number of carbonyl (C=O) groups is 4. The molecule has 5 aromatic rings. The summed E-state index contributed by atoms with van der Waals surface area (Å²) in [5, 5.41) is 27.0. The van der Waals surface area contributed by atoms with E-state index in [0.717, 1.165) is 27.8 Å². The van der Waals surface area contributed by atoms with Gasteiger partial charge in [-0.1, -0.05) is 161 Å². The second kappa shape index (κ2) is 21.9. The Bertz CT molecular complexity index is 2070. The molecule has 59 heavy (non-hydrogen) atoms. The maximum Gasteiger partial charge on any atom is 0.408 e. The Hall–Kier alpha value is -6.46. The third-order valence-electron chi connectivity index (χ3n) is 9.97. The molecule has 5 rings (SSSR count).